The molecule has 3 nitrogen and oxygen atoms in total. The van der Waals surface area contributed by atoms with E-state index in [1.807, 2.05) is 0 Å². The minimum absolute atomic E-state index is 0.201. The molecule has 0 radical (unpaired) electrons. The molecule has 15 heavy (non-hydrogen) atoms. The van der Waals surface area contributed by atoms with Crippen molar-refractivity contribution in [2.75, 3.05) is 20.8 Å². The van der Waals surface area contributed by atoms with Crippen LogP contribution in [0.1, 0.15) is 25.7 Å². The van der Waals surface area contributed by atoms with Gasteiger partial charge < -0.3 is 13.9 Å². The van der Waals surface area contributed by atoms with Gasteiger partial charge >= 0.3 is 0 Å². The number of ether oxygens (including phenoxy) is 2. The summed E-state index contributed by atoms with van der Waals surface area (Å²) in [5.74, 6) is 0. The smallest absolute Gasteiger partial charge is 0.178 e. The van der Waals surface area contributed by atoms with Gasteiger partial charge in [0, 0.05) is 19.5 Å². The molecule has 5 heteroatoms. The standard InChI is InChI=1S/C10H22O3SSi/c1-11-10(12-2)7-13-15-9-5-3-4-8(14)6-9/h8-10,14H,3-7,15H2,1-2H3. The van der Waals surface area contributed by atoms with Gasteiger partial charge in [-0.05, 0) is 18.4 Å². The first-order chi connectivity index (χ1) is 7.26. The third-order valence-corrected chi connectivity index (χ3v) is 5.04. The van der Waals surface area contributed by atoms with Crippen molar-refractivity contribution < 1.29 is 13.9 Å². The molecule has 1 fully saturated rings. The number of hydrogen-bond donors (Lipinski definition) is 1. The number of methoxy groups -OCH3 is 2. The monoisotopic (exact) mass is 250 g/mol. The van der Waals surface area contributed by atoms with Crippen molar-refractivity contribution in [3.8, 4) is 0 Å². The summed E-state index contributed by atoms with van der Waals surface area (Å²) in [7, 11) is 2.85. The molecule has 1 rings (SSSR count). The summed E-state index contributed by atoms with van der Waals surface area (Å²) in [4.78, 5) is 0. The summed E-state index contributed by atoms with van der Waals surface area (Å²) < 4.78 is 15.9. The van der Waals surface area contributed by atoms with E-state index >= 15 is 0 Å². The third kappa shape index (κ3) is 5.35. The summed E-state index contributed by atoms with van der Waals surface area (Å²) in [6.45, 7) is 0.576. The summed E-state index contributed by atoms with van der Waals surface area (Å²) in [6, 6.07) is 0. The molecule has 1 aliphatic carbocycles. The van der Waals surface area contributed by atoms with E-state index in [-0.39, 0.29) is 6.29 Å². The summed E-state index contributed by atoms with van der Waals surface area (Å²) in [5, 5.41) is 0.598. The van der Waals surface area contributed by atoms with E-state index in [1.54, 1.807) is 14.2 Å². The number of hydrogen-bond acceptors (Lipinski definition) is 4. The van der Waals surface area contributed by atoms with Gasteiger partial charge in [-0.15, -0.1) is 0 Å². The highest BCUT2D eigenvalue weighted by atomic mass is 32.1. The van der Waals surface area contributed by atoms with Gasteiger partial charge in [-0.3, -0.25) is 0 Å². The Morgan fingerprint density at radius 2 is 2.07 bits per heavy atom. The topological polar surface area (TPSA) is 27.7 Å². The molecule has 0 heterocycles. The predicted octanol–water partition coefficient (Wildman–Crippen LogP) is 1.37. The molecule has 0 aliphatic heterocycles. The van der Waals surface area contributed by atoms with Gasteiger partial charge in [0.05, 0.1) is 6.61 Å². The van der Waals surface area contributed by atoms with Crippen LogP contribution in [0.5, 0.6) is 0 Å². The third-order valence-electron chi connectivity index (χ3n) is 2.89. The van der Waals surface area contributed by atoms with Crippen LogP contribution in [0.2, 0.25) is 5.54 Å². The molecule has 0 aromatic rings. The molecule has 0 bridgehead atoms. The van der Waals surface area contributed by atoms with Crippen molar-refractivity contribution in [1.29, 1.82) is 0 Å². The maximum atomic E-state index is 5.72. The van der Waals surface area contributed by atoms with Crippen LogP contribution in [0.3, 0.4) is 0 Å². The predicted molar refractivity (Wildman–Crippen MR) is 67.3 cm³/mol. The van der Waals surface area contributed by atoms with Crippen molar-refractivity contribution in [3.05, 3.63) is 0 Å². The SMILES string of the molecule is COC(CO[SiH2]C1CCCC(S)C1)OC. The van der Waals surface area contributed by atoms with E-state index in [2.05, 4.69) is 12.6 Å². The molecule has 0 N–H and O–H groups in total. The van der Waals surface area contributed by atoms with Gasteiger partial charge in [-0.25, -0.2) is 0 Å². The van der Waals surface area contributed by atoms with E-state index in [0.29, 0.717) is 11.9 Å². The molecule has 0 aromatic heterocycles. The van der Waals surface area contributed by atoms with E-state index < -0.39 is 9.76 Å². The molecule has 0 spiro atoms. The normalized spacial score (nSPS) is 28.0. The minimum Gasteiger partial charge on any atom is -0.419 e. The molecular weight excluding hydrogens is 228 g/mol. The van der Waals surface area contributed by atoms with Gasteiger partial charge in [0.1, 0.15) is 0 Å². The van der Waals surface area contributed by atoms with Crippen molar-refractivity contribution in [1.82, 2.24) is 0 Å². The van der Waals surface area contributed by atoms with Crippen LogP contribution in [0.4, 0.5) is 0 Å². The van der Waals surface area contributed by atoms with E-state index in [9.17, 15) is 0 Å². The van der Waals surface area contributed by atoms with Crippen LogP contribution in [0.25, 0.3) is 0 Å². The molecule has 0 amide bonds. The van der Waals surface area contributed by atoms with Crippen LogP contribution in [0.15, 0.2) is 0 Å². The van der Waals surface area contributed by atoms with E-state index in [1.165, 1.54) is 25.7 Å². The summed E-state index contributed by atoms with van der Waals surface area (Å²) in [5.41, 5.74) is 0.801. The lowest BCUT2D eigenvalue weighted by Crippen LogP contribution is -2.24. The fourth-order valence-electron chi connectivity index (χ4n) is 1.98. The minimum atomic E-state index is -0.437. The largest absolute Gasteiger partial charge is 0.419 e. The first kappa shape index (κ1) is 13.5. The highest BCUT2D eigenvalue weighted by Crippen LogP contribution is 2.31. The maximum Gasteiger partial charge on any atom is 0.178 e. The lowest BCUT2D eigenvalue weighted by molar-refractivity contribution is -0.122. The first-order valence-electron chi connectivity index (χ1n) is 5.57. The zero-order valence-corrected chi connectivity index (χ0v) is 12.0. The summed E-state index contributed by atoms with van der Waals surface area (Å²) >= 11 is 4.54. The van der Waals surface area contributed by atoms with Crippen LogP contribution >= 0.6 is 12.6 Å². The molecule has 1 saturated carbocycles. The van der Waals surface area contributed by atoms with E-state index in [0.717, 1.165) is 5.54 Å². The van der Waals surface area contributed by atoms with Crippen molar-refractivity contribution in [2.45, 2.75) is 42.8 Å². The Kier molecular flexibility index (Phi) is 6.91. The molecule has 0 saturated heterocycles. The molecule has 90 valence electrons. The van der Waals surface area contributed by atoms with Crippen LogP contribution < -0.4 is 0 Å². The Morgan fingerprint density at radius 1 is 1.33 bits per heavy atom. The second-order valence-corrected chi connectivity index (χ2v) is 6.75. The number of rotatable bonds is 6. The molecular formula is C10H22O3SSi. The Labute approximate surface area is 100 Å². The fourth-order valence-corrected chi connectivity index (χ4v) is 4.39. The lowest BCUT2D eigenvalue weighted by Gasteiger charge is -2.26. The van der Waals surface area contributed by atoms with Gasteiger partial charge in [-0.2, -0.15) is 12.6 Å². The Hall–Kier alpha value is 0.447. The van der Waals surface area contributed by atoms with Gasteiger partial charge in [0.25, 0.3) is 0 Å². The summed E-state index contributed by atoms with van der Waals surface area (Å²) in [6.07, 6.45) is 4.95. The average molecular weight is 250 g/mol. The zero-order chi connectivity index (χ0) is 11.1. The number of thiol groups is 1. The Morgan fingerprint density at radius 3 is 2.67 bits per heavy atom. The molecule has 2 atom stereocenters. The second kappa shape index (κ2) is 7.68. The first-order valence-corrected chi connectivity index (χ1v) is 7.48. The quantitative estimate of drug-likeness (QED) is 0.438. The van der Waals surface area contributed by atoms with E-state index in [4.69, 9.17) is 13.9 Å². The Bertz CT molecular complexity index is 167. The zero-order valence-electron chi connectivity index (χ0n) is 9.65. The van der Waals surface area contributed by atoms with Crippen LogP contribution in [0, 0.1) is 0 Å². The van der Waals surface area contributed by atoms with Crippen molar-refractivity contribution >= 4 is 22.4 Å². The highest BCUT2D eigenvalue weighted by molar-refractivity contribution is 7.80. The van der Waals surface area contributed by atoms with Crippen LogP contribution in [-0.4, -0.2) is 42.1 Å². The van der Waals surface area contributed by atoms with Crippen LogP contribution in [-0.2, 0) is 13.9 Å². The molecule has 0 aromatic carbocycles. The molecule has 1 aliphatic rings. The fraction of sp³-hybridized carbons (Fsp3) is 1.00. The van der Waals surface area contributed by atoms with Crippen molar-refractivity contribution in [2.24, 2.45) is 0 Å². The van der Waals surface area contributed by atoms with Gasteiger partial charge in [0.2, 0.25) is 0 Å². The average Bonchev–Trinajstić information content (AvgIpc) is 2.25. The molecule has 2 unspecified atom stereocenters. The second-order valence-electron chi connectivity index (χ2n) is 4.12. The van der Waals surface area contributed by atoms with Gasteiger partial charge in [0.15, 0.2) is 16.1 Å². The maximum absolute atomic E-state index is 5.72. The van der Waals surface area contributed by atoms with Crippen molar-refractivity contribution in [3.63, 3.8) is 0 Å². The Balaban J connectivity index is 2.08. The lowest BCUT2D eigenvalue weighted by atomic mass is 9.99. The highest BCUT2D eigenvalue weighted by Gasteiger charge is 2.20. The van der Waals surface area contributed by atoms with Gasteiger partial charge in [-0.1, -0.05) is 12.8 Å².